The monoisotopic (exact) mass is 407 g/mol. The minimum atomic E-state index is -3.75. The number of carbonyl (C=O) groups is 1. The predicted octanol–water partition coefficient (Wildman–Crippen LogP) is 2.26. The molecule has 1 atom stereocenters. The van der Waals surface area contributed by atoms with Gasteiger partial charge in [0.25, 0.3) is 0 Å². The predicted molar refractivity (Wildman–Crippen MR) is 102 cm³/mol. The highest BCUT2D eigenvalue weighted by atomic mass is 32.2. The number of anilines is 1. The van der Waals surface area contributed by atoms with Gasteiger partial charge in [0, 0.05) is 17.6 Å². The van der Waals surface area contributed by atoms with Crippen LogP contribution in [0.15, 0.2) is 34.3 Å². The minimum Gasteiger partial charge on any atom is -0.325 e. The number of nitrogens with zero attached hydrogens (tertiary/aromatic N) is 3. The number of nitrogens with two attached hydrogens (primary N) is 1. The van der Waals surface area contributed by atoms with Crippen LogP contribution >= 0.6 is 11.8 Å². The number of amides is 1. The lowest BCUT2D eigenvalue weighted by atomic mass is 10.3. The quantitative estimate of drug-likeness (QED) is 0.679. The summed E-state index contributed by atoms with van der Waals surface area (Å²) in [6.07, 6.45) is 4.62. The Morgan fingerprint density at radius 2 is 1.89 bits per heavy atom. The highest BCUT2D eigenvalue weighted by Crippen LogP contribution is 2.46. The van der Waals surface area contributed by atoms with E-state index >= 15 is 0 Å². The Bertz CT molecular complexity index is 963. The first kappa shape index (κ1) is 18.5. The number of hydrogen-bond donors (Lipinski definition) is 2. The van der Waals surface area contributed by atoms with Gasteiger partial charge >= 0.3 is 0 Å². The fraction of sp³-hybridized carbons (Fsp3) is 0.471. The van der Waals surface area contributed by atoms with Gasteiger partial charge < -0.3 is 9.88 Å². The van der Waals surface area contributed by atoms with Gasteiger partial charge in [-0.2, -0.15) is 0 Å². The summed E-state index contributed by atoms with van der Waals surface area (Å²) in [5, 5.41) is 17.0. The zero-order valence-electron chi connectivity index (χ0n) is 14.8. The van der Waals surface area contributed by atoms with Gasteiger partial charge in [-0.05, 0) is 56.9 Å². The van der Waals surface area contributed by atoms with E-state index in [-0.39, 0.29) is 16.1 Å². The molecule has 1 amide bonds. The van der Waals surface area contributed by atoms with Crippen molar-refractivity contribution in [1.82, 2.24) is 14.8 Å². The van der Waals surface area contributed by atoms with E-state index in [4.69, 9.17) is 5.14 Å². The number of hydrogen-bond acceptors (Lipinski definition) is 6. The molecule has 0 bridgehead atoms. The molecule has 0 unspecified atom stereocenters. The van der Waals surface area contributed by atoms with Crippen molar-refractivity contribution in [2.75, 3.05) is 5.32 Å². The molecule has 2 saturated carbocycles. The van der Waals surface area contributed by atoms with Crippen LogP contribution in [0.25, 0.3) is 0 Å². The molecule has 0 spiro atoms. The minimum absolute atomic E-state index is 0.00747. The van der Waals surface area contributed by atoms with Crippen LogP contribution in [-0.4, -0.2) is 34.3 Å². The molecule has 2 fully saturated rings. The second-order valence-corrected chi connectivity index (χ2v) is 9.90. The first-order chi connectivity index (χ1) is 12.8. The number of nitrogens with one attached hydrogen (secondary N) is 1. The van der Waals surface area contributed by atoms with E-state index in [1.165, 1.54) is 48.9 Å². The van der Waals surface area contributed by atoms with E-state index in [2.05, 4.69) is 20.1 Å². The second-order valence-electron chi connectivity index (χ2n) is 7.03. The van der Waals surface area contributed by atoms with Crippen LogP contribution in [0, 0.1) is 0 Å². The van der Waals surface area contributed by atoms with Crippen molar-refractivity contribution in [2.24, 2.45) is 5.14 Å². The Kier molecular flexibility index (Phi) is 4.73. The first-order valence-corrected chi connectivity index (χ1v) is 11.3. The van der Waals surface area contributed by atoms with E-state index < -0.39 is 10.0 Å². The number of aromatic nitrogens is 3. The Morgan fingerprint density at radius 1 is 1.22 bits per heavy atom. The van der Waals surface area contributed by atoms with E-state index in [9.17, 15) is 13.2 Å². The van der Waals surface area contributed by atoms with Gasteiger partial charge in [0.05, 0.1) is 10.1 Å². The van der Waals surface area contributed by atoms with Gasteiger partial charge in [-0.1, -0.05) is 11.8 Å². The average Bonchev–Trinajstić information content (AvgIpc) is 3.53. The zero-order chi connectivity index (χ0) is 19.2. The van der Waals surface area contributed by atoms with E-state index in [0.717, 1.165) is 23.8 Å². The molecular formula is C17H21N5O3S2. The van der Waals surface area contributed by atoms with Crippen LogP contribution in [0.3, 0.4) is 0 Å². The number of carbonyl (C=O) groups excluding carboxylic acids is 1. The molecule has 144 valence electrons. The van der Waals surface area contributed by atoms with Crippen molar-refractivity contribution in [1.29, 1.82) is 0 Å². The summed E-state index contributed by atoms with van der Waals surface area (Å²) in [4.78, 5) is 12.5. The van der Waals surface area contributed by atoms with Crippen molar-refractivity contribution in [3.63, 3.8) is 0 Å². The lowest BCUT2D eigenvalue weighted by molar-refractivity contribution is -0.115. The van der Waals surface area contributed by atoms with Crippen molar-refractivity contribution < 1.29 is 13.2 Å². The largest absolute Gasteiger partial charge is 0.325 e. The molecule has 10 heteroatoms. The Hall–Kier alpha value is -1.91. The van der Waals surface area contributed by atoms with Gasteiger partial charge in [-0.15, -0.1) is 10.2 Å². The molecule has 2 aliphatic rings. The topological polar surface area (TPSA) is 120 Å². The van der Waals surface area contributed by atoms with Crippen LogP contribution in [0.4, 0.5) is 5.69 Å². The first-order valence-electron chi connectivity index (χ1n) is 8.88. The molecule has 4 rings (SSSR count). The number of primary sulfonamides is 1. The maximum absolute atomic E-state index is 12.5. The summed E-state index contributed by atoms with van der Waals surface area (Å²) in [7, 11) is -3.75. The number of rotatable bonds is 7. The molecular weight excluding hydrogens is 386 g/mol. The third-order valence-corrected chi connectivity index (χ3v) is 6.63. The molecule has 8 nitrogen and oxygen atoms in total. The number of thioether (sulfide) groups is 1. The normalized spacial score (nSPS) is 18.3. The molecule has 2 aliphatic carbocycles. The van der Waals surface area contributed by atoms with Crippen molar-refractivity contribution in [2.45, 2.75) is 59.9 Å². The Labute approximate surface area is 162 Å². The van der Waals surface area contributed by atoms with Crippen molar-refractivity contribution >= 4 is 33.4 Å². The zero-order valence-corrected chi connectivity index (χ0v) is 16.5. The highest BCUT2D eigenvalue weighted by Gasteiger charge is 2.37. The van der Waals surface area contributed by atoms with Crippen LogP contribution in [0.1, 0.15) is 50.4 Å². The molecule has 3 N–H and O–H groups in total. The smallest absolute Gasteiger partial charge is 0.238 e. The lowest BCUT2D eigenvalue weighted by Gasteiger charge is -2.13. The number of benzene rings is 1. The number of sulfonamides is 1. The summed E-state index contributed by atoms with van der Waals surface area (Å²) >= 11 is 1.40. The summed E-state index contributed by atoms with van der Waals surface area (Å²) in [6.45, 7) is 1.82. The molecule has 0 radical (unpaired) electrons. The van der Waals surface area contributed by atoms with Gasteiger partial charge in [-0.25, -0.2) is 13.6 Å². The SMILES string of the molecule is C[C@H](Sc1nnc(C2CC2)n1C1CC1)C(=O)Nc1ccc(S(N)(=O)=O)cc1. The summed E-state index contributed by atoms with van der Waals surface area (Å²) < 4.78 is 24.8. The Balaban J connectivity index is 1.43. The van der Waals surface area contributed by atoms with Gasteiger partial charge in [0.1, 0.15) is 5.82 Å². The van der Waals surface area contributed by atoms with Gasteiger partial charge in [0.2, 0.25) is 15.9 Å². The highest BCUT2D eigenvalue weighted by molar-refractivity contribution is 8.00. The molecule has 0 saturated heterocycles. The van der Waals surface area contributed by atoms with Crippen molar-refractivity contribution in [3.05, 3.63) is 30.1 Å². The molecule has 1 heterocycles. The third-order valence-electron chi connectivity index (χ3n) is 4.65. The fourth-order valence-corrected chi connectivity index (χ4v) is 4.29. The van der Waals surface area contributed by atoms with E-state index in [1.807, 2.05) is 6.92 Å². The third kappa shape index (κ3) is 4.17. The molecule has 0 aliphatic heterocycles. The molecule has 27 heavy (non-hydrogen) atoms. The van der Waals surface area contributed by atoms with Crippen LogP contribution in [-0.2, 0) is 14.8 Å². The van der Waals surface area contributed by atoms with E-state index in [1.54, 1.807) is 0 Å². The van der Waals surface area contributed by atoms with Gasteiger partial charge in [-0.3, -0.25) is 4.79 Å². The summed E-state index contributed by atoms with van der Waals surface area (Å²) in [6, 6.07) is 6.25. The molecule has 2 aromatic rings. The van der Waals surface area contributed by atoms with Gasteiger partial charge in [0.15, 0.2) is 5.16 Å². The standard InChI is InChI=1S/C17H21N5O3S2/c1-10(16(23)19-12-4-8-14(9-5-12)27(18,24)25)26-17-21-20-15(11-2-3-11)22(17)13-6-7-13/h4-5,8-11,13H,2-3,6-7H2,1H3,(H,19,23)(H2,18,24,25)/t10-/m0/s1. The molecule has 1 aromatic carbocycles. The summed E-state index contributed by atoms with van der Waals surface area (Å²) in [5.41, 5.74) is 0.516. The second kappa shape index (κ2) is 6.92. The van der Waals surface area contributed by atoms with Crippen LogP contribution < -0.4 is 10.5 Å². The van der Waals surface area contributed by atoms with Crippen LogP contribution in [0.5, 0.6) is 0 Å². The molecule has 1 aromatic heterocycles. The lowest BCUT2D eigenvalue weighted by Crippen LogP contribution is -2.23. The summed E-state index contributed by atoms with van der Waals surface area (Å²) in [5.74, 6) is 1.40. The Morgan fingerprint density at radius 3 is 2.44 bits per heavy atom. The maximum Gasteiger partial charge on any atom is 0.238 e. The maximum atomic E-state index is 12.5. The van der Waals surface area contributed by atoms with Crippen molar-refractivity contribution in [3.8, 4) is 0 Å². The van der Waals surface area contributed by atoms with E-state index in [0.29, 0.717) is 17.6 Å². The average molecular weight is 408 g/mol. The fourth-order valence-electron chi connectivity index (χ4n) is 2.85. The van der Waals surface area contributed by atoms with Crippen LogP contribution in [0.2, 0.25) is 0 Å².